The van der Waals surface area contributed by atoms with Crippen molar-refractivity contribution in [3.8, 4) is 5.75 Å². The topological polar surface area (TPSA) is 127 Å². The smallest absolute Gasteiger partial charge is 0.311 e. The minimum absolute atomic E-state index is 0.0816. The molecule has 1 aromatic heterocycles. The molecule has 1 aromatic carbocycles. The van der Waals surface area contributed by atoms with Crippen LogP contribution in [0.5, 0.6) is 5.75 Å². The monoisotopic (exact) mass is 321 g/mol. The van der Waals surface area contributed by atoms with Crippen molar-refractivity contribution in [2.45, 2.75) is 19.8 Å². The summed E-state index contributed by atoms with van der Waals surface area (Å²) < 4.78 is 0. The van der Waals surface area contributed by atoms with E-state index in [0.29, 0.717) is 10.9 Å². The van der Waals surface area contributed by atoms with Gasteiger partial charge in [0.1, 0.15) is 5.82 Å². The number of aromatic nitrogens is 1. The van der Waals surface area contributed by atoms with Gasteiger partial charge in [-0.25, -0.2) is 4.98 Å². The van der Waals surface area contributed by atoms with Crippen LogP contribution in [0.3, 0.4) is 0 Å². The molecule has 2 rings (SSSR count). The van der Waals surface area contributed by atoms with E-state index in [9.17, 15) is 15.2 Å². The number of benzene rings is 1. The van der Waals surface area contributed by atoms with Crippen LogP contribution in [0, 0.1) is 10.1 Å². The summed E-state index contributed by atoms with van der Waals surface area (Å²) in [6.07, 6.45) is 1.31. The van der Waals surface area contributed by atoms with Crippen LogP contribution in [0.4, 0.5) is 16.6 Å². The highest BCUT2D eigenvalue weighted by molar-refractivity contribution is 7.14. The number of hydrazone groups is 1. The number of rotatable bonds is 5. The molecule has 116 valence electrons. The van der Waals surface area contributed by atoms with Crippen molar-refractivity contribution in [1.29, 1.82) is 0 Å². The minimum atomic E-state index is -0.618. The van der Waals surface area contributed by atoms with E-state index in [-0.39, 0.29) is 17.2 Å². The summed E-state index contributed by atoms with van der Waals surface area (Å²) in [7, 11) is 0. The molecule has 0 saturated carbocycles. The Morgan fingerprint density at radius 3 is 2.82 bits per heavy atom. The fourth-order valence-electron chi connectivity index (χ4n) is 1.73. The first kappa shape index (κ1) is 15.7. The maximum absolute atomic E-state index is 11.0. The van der Waals surface area contributed by atoms with E-state index in [1.165, 1.54) is 23.6 Å². The van der Waals surface area contributed by atoms with E-state index < -0.39 is 10.7 Å². The van der Waals surface area contributed by atoms with Crippen molar-refractivity contribution in [1.82, 2.24) is 4.98 Å². The average molecular weight is 321 g/mol. The molecule has 0 unspecified atom stereocenters. The highest BCUT2D eigenvalue weighted by Gasteiger charge is 2.19. The van der Waals surface area contributed by atoms with Crippen LogP contribution < -0.4 is 11.2 Å². The predicted molar refractivity (Wildman–Crippen MR) is 86.6 cm³/mol. The van der Waals surface area contributed by atoms with Crippen molar-refractivity contribution < 1.29 is 10.0 Å². The molecule has 0 aliphatic carbocycles. The van der Waals surface area contributed by atoms with E-state index in [1.54, 1.807) is 11.4 Å². The molecular formula is C13H15N5O3S. The zero-order chi connectivity index (χ0) is 16.3. The van der Waals surface area contributed by atoms with Crippen molar-refractivity contribution in [2.24, 2.45) is 5.10 Å². The van der Waals surface area contributed by atoms with E-state index in [2.05, 4.69) is 15.5 Å². The number of thiazole rings is 1. The molecule has 0 amide bonds. The number of anilines is 2. The van der Waals surface area contributed by atoms with Gasteiger partial charge in [-0.2, -0.15) is 5.10 Å². The van der Waals surface area contributed by atoms with Crippen LogP contribution in [-0.4, -0.2) is 21.2 Å². The first-order valence-electron chi connectivity index (χ1n) is 6.40. The standard InChI is InChI=1S/C13H15N5O3S/c1-7(2)8-3-9(12(19)10(4-8)18(20)21)5-15-17-13-16-11(14)6-22-13/h3-7,19H,14H2,1-2H3,(H,16,17). The summed E-state index contributed by atoms with van der Waals surface area (Å²) in [5.41, 5.74) is 8.80. The number of nitrogens with two attached hydrogens (primary N) is 1. The summed E-state index contributed by atoms with van der Waals surface area (Å²) in [5.74, 6) is 0.0414. The quantitative estimate of drug-likeness (QED) is 0.441. The highest BCUT2D eigenvalue weighted by Crippen LogP contribution is 2.32. The maximum atomic E-state index is 11.0. The number of nitrogens with one attached hydrogen (secondary N) is 1. The second kappa shape index (κ2) is 6.39. The summed E-state index contributed by atoms with van der Waals surface area (Å²) in [4.78, 5) is 14.3. The lowest BCUT2D eigenvalue weighted by Crippen LogP contribution is -1.98. The Morgan fingerprint density at radius 2 is 2.27 bits per heavy atom. The predicted octanol–water partition coefficient (Wildman–Crippen LogP) is 2.91. The normalized spacial score (nSPS) is 11.2. The Morgan fingerprint density at radius 1 is 1.55 bits per heavy atom. The SMILES string of the molecule is CC(C)c1cc(C=NNc2nc(N)cs2)c(O)c([N+](=O)[O-])c1. The zero-order valence-electron chi connectivity index (χ0n) is 12.0. The largest absolute Gasteiger partial charge is 0.502 e. The van der Waals surface area contributed by atoms with Gasteiger partial charge in [-0.1, -0.05) is 13.8 Å². The first-order valence-corrected chi connectivity index (χ1v) is 7.27. The molecule has 0 atom stereocenters. The molecule has 0 spiro atoms. The number of nitrogens with zero attached hydrogens (tertiary/aromatic N) is 3. The number of nitro benzene ring substituents is 1. The van der Waals surface area contributed by atoms with Crippen molar-refractivity contribution in [2.75, 3.05) is 11.2 Å². The molecule has 2 aromatic rings. The fraction of sp³-hybridized carbons (Fsp3) is 0.231. The van der Waals surface area contributed by atoms with E-state index in [4.69, 9.17) is 5.73 Å². The first-order chi connectivity index (χ1) is 10.4. The van der Waals surface area contributed by atoms with Gasteiger partial charge in [-0.05, 0) is 17.5 Å². The Hall–Kier alpha value is -2.68. The number of phenolic OH excluding ortho intramolecular Hbond substituents is 1. The number of aromatic hydroxyl groups is 1. The molecule has 4 N–H and O–H groups in total. The van der Waals surface area contributed by atoms with Gasteiger partial charge in [0.15, 0.2) is 0 Å². The molecule has 0 saturated heterocycles. The van der Waals surface area contributed by atoms with Crippen LogP contribution in [0.25, 0.3) is 0 Å². The van der Waals surface area contributed by atoms with Crippen LogP contribution in [0.1, 0.15) is 30.9 Å². The van der Waals surface area contributed by atoms with Crippen LogP contribution in [-0.2, 0) is 0 Å². The molecule has 1 heterocycles. The Kier molecular flexibility index (Phi) is 4.56. The van der Waals surface area contributed by atoms with Gasteiger partial charge in [0.05, 0.1) is 11.1 Å². The van der Waals surface area contributed by atoms with Crippen LogP contribution >= 0.6 is 11.3 Å². The molecule has 0 bridgehead atoms. The third-order valence-electron chi connectivity index (χ3n) is 2.89. The number of hydrogen-bond donors (Lipinski definition) is 3. The van der Waals surface area contributed by atoms with E-state index in [1.807, 2.05) is 13.8 Å². The number of nitro groups is 1. The maximum Gasteiger partial charge on any atom is 0.311 e. The van der Waals surface area contributed by atoms with E-state index in [0.717, 1.165) is 5.56 Å². The molecule has 0 radical (unpaired) electrons. The molecule has 0 fully saturated rings. The molecular weight excluding hydrogens is 306 g/mol. The lowest BCUT2D eigenvalue weighted by Gasteiger charge is -2.08. The Bertz CT molecular complexity index is 726. The van der Waals surface area contributed by atoms with Crippen LogP contribution in [0.2, 0.25) is 0 Å². The molecule has 0 aliphatic rings. The van der Waals surface area contributed by atoms with Crippen LogP contribution in [0.15, 0.2) is 22.6 Å². The van der Waals surface area contributed by atoms with Crippen molar-refractivity contribution >= 4 is 34.2 Å². The molecule has 8 nitrogen and oxygen atoms in total. The van der Waals surface area contributed by atoms with Gasteiger partial charge < -0.3 is 10.8 Å². The summed E-state index contributed by atoms with van der Waals surface area (Å²) in [5, 5.41) is 27.0. The van der Waals surface area contributed by atoms with Gasteiger partial charge in [0.25, 0.3) is 0 Å². The summed E-state index contributed by atoms with van der Waals surface area (Å²) in [6, 6.07) is 3.03. The molecule has 22 heavy (non-hydrogen) atoms. The fourth-order valence-corrected chi connectivity index (χ4v) is 2.28. The third kappa shape index (κ3) is 3.50. The van der Waals surface area contributed by atoms with Gasteiger partial charge in [-0.15, -0.1) is 11.3 Å². The number of nitrogen functional groups attached to an aromatic ring is 1. The lowest BCUT2D eigenvalue weighted by molar-refractivity contribution is -0.385. The zero-order valence-corrected chi connectivity index (χ0v) is 12.8. The summed E-state index contributed by atoms with van der Waals surface area (Å²) >= 11 is 1.27. The molecule has 0 aliphatic heterocycles. The van der Waals surface area contributed by atoms with Gasteiger partial charge in [0.2, 0.25) is 10.9 Å². The third-order valence-corrected chi connectivity index (χ3v) is 3.66. The van der Waals surface area contributed by atoms with Gasteiger partial charge in [-0.3, -0.25) is 15.5 Å². The second-order valence-electron chi connectivity index (χ2n) is 4.84. The molecule has 9 heteroatoms. The Balaban J connectivity index is 2.30. The Labute approximate surface area is 130 Å². The van der Waals surface area contributed by atoms with Gasteiger partial charge >= 0.3 is 5.69 Å². The minimum Gasteiger partial charge on any atom is -0.502 e. The average Bonchev–Trinajstić information content (AvgIpc) is 2.85. The van der Waals surface area contributed by atoms with Gasteiger partial charge in [0, 0.05) is 17.0 Å². The second-order valence-corrected chi connectivity index (χ2v) is 5.70. The number of hydrogen-bond acceptors (Lipinski definition) is 8. The highest BCUT2D eigenvalue weighted by atomic mass is 32.1. The van der Waals surface area contributed by atoms with Crippen molar-refractivity contribution in [3.63, 3.8) is 0 Å². The summed E-state index contributed by atoms with van der Waals surface area (Å²) in [6.45, 7) is 3.82. The lowest BCUT2D eigenvalue weighted by atomic mass is 9.99. The number of phenols is 1. The van der Waals surface area contributed by atoms with E-state index >= 15 is 0 Å². The van der Waals surface area contributed by atoms with Crippen molar-refractivity contribution in [3.05, 3.63) is 38.8 Å².